The first kappa shape index (κ1) is 21.3. The van der Waals surface area contributed by atoms with Crippen LogP contribution in [-0.4, -0.2) is 40.0 Å². The molecule has 0 aromatic carbocycles. The molecule has 0 bridgehead atoms. The van der Waals surface area contributed by atoms with Gasteiger partial charge in [0.1, 0.15) is 0 Å². The van der Waals surface area contributed by atoms with Crippen molar-refractivity contribution in [1.82, 2.24) is 9.78 Å². The number of ketones is 1. The number of aliphatic hydroxyl groups is 1. The number of hydrogen-bond acceptors (Lipinski definition) is 4. The highest BCUT2D eigenvalue weighted by Gasteiger charge is 2.70. The van der Waals surface area contributed by atoms with Crippen molar-refractivity contribution < 1.29 is 14.6 Å². The van der Waals surface area contributed by atoms with Gasteiger partial charge in [-0.05, 0) is 111 Å². The van der Waals surface area contributed by atoms with E-state index in [9.17, 15) is 9.90 Å². The summed E-state index contributed by atoms with van der Waals surface area (Å²) in [7, 11) is 1.71. The van der Waals surface area contributed by atoms with E-state index in [2.05, 4.69) is 12.0 Å². The molecule has 5 heteroatoms. The van der Waals surface area contributed by atoms with Gasteiger partial charge in [-0.1, -0.05) is 6.92 Å². The van der Waals surface area contributed by atoms with E-state index in [0.29, 0.717) is 30.8 Å². The highest BCUT2D eigenvalue weighted by Crippen LogP contribution is 2.74. The van der Waals surface area contributed by atoms with Crippen LogP contribution in [0, 0.1) is 59.7 Å². The van der Waals surface area contributed by atoms with Gasteiger partial charge in [-0.3, -0.25) is 9.48 Å². The van der Waals surface area contributed by atoms with Crippen LogP contribution in [0.2, 0.25) is 0 Å². The van der Waals surface area contributed by atoms with Crippen molar-refractivity contribution in [3.63, 3.8) is 0 Å². The number of methoxy groups -OCH3 is 1. The number of fused-ring (bicyclic) bond motifs is 7. The van der Waals surface area contributed by atoms with Crippen LogP contribution in [0.1, 0.15) is 63.9 Å². The molecule has 176 valence electrons. The lowest BCUT2D eigenvalue weighted by molar-refractivity contribution is -0.140. The van der Waals surface area contributed by atoms with Crippen LogP contribution in [0.4, 0.5) is 0 Å². The number of Topliss-reactive ketones (excluding diaryl/α,β-unsaturated/α-hetero) is 1. The smallest absolute Gasteiger partial charge is 0.158 e. The zero-order valence-electron chi connectivity index (χ0n) is 20.0. The number of carbonyl (C=O) groups excluding carboxylic acids is 1. The number of rotatable bonds is 5. The Morgan fingerprint density at radius 3 is 2.72 bits per heavy atom. The normalized spacial score (nSPS) is 49.0. The third kappa shape index (κ3) is 3.17. The summed E-state index contributed by atoms with van der Waals surface area (Å²) in [5.41, 5.74) is 0.704. The van der Waals surface area contributed by atoms with Gasteiger partial charge >= 0.3 is 0 Å². The molecule has 32 heavy (non-hydrogen) atoms. The van der Waals surface area contributed by atoms with E-state index in [1.54, 1.807) is 7.11 Å². The third-order valence-corrected chi connectivity index (χ3v) is 10.7. The van der Waals surface area contributed by atoms with E-state index in [4.69, 9.17) is 4.74 Å². The van der Waals surface area contributed by atoms with Crippen molar-refractivity contribution in [2.75, 3.05) is 13.7 Å². The fourth-order valence-corrected chi connectivity index (χ4v) is 9.75. The van der Waals surface area contributed by atoms with Gasteiger partial charge in [0, 0.05) is 19.2 Å². The quantitative estimate of drug-likeness (QED) is 0.743. The van der Waals surface area contributed by atoms with E-state index in [1.165, 1.54) is 32.1 Å². The highest BCUT2D eigenvalue weighted by atomic mass is 16.5. The Labute approximate surface area is 192 Å². The Hall–Kier alpha value is -1.20. The molecule has 0 amide bonds. The molecule has 1 N–H and O–H groups in total. The van der Waals surface area contributed by atoms with Gasteiger partial charge in [-0.15, -0.1) is 0 Å². The molecule has 0 saturated heterocycles. The van der Waals surface area contributed by atoms with Crippen LogP contribution in [0.15, 0.2) is 12.4 Å². The summed E-state index contributed by atoms with van der Waals surface area (Å²) in [5, 5.41) is 15.4. The molecular formula is C27H40N2O3. The minimum absolute atomic E-state index is 0.187. The summed E-state index contributed by atoms with van der Waals surface area (Å²) in [4.78, 5) is 13.5. The van der Waals surface area contributed by atoms with E-state index >= 15 is 0 Å². The molecule has 5 nitrogen and oxygen atoms in total. The first-order valence-electron chi connectivity index (χ1n) is 13.1. The Balaban J connectivity index is 1.20. The van der Waals surface area contributed by atoms with Crippen LogP contribution in [-0.2, 0) is 16.1 Å². The van der Waals surface area contributed by atoms with E-state index in [-0.39, 0.29) is 11.3 Å². The molecule has 1 aromatic rings. The third-order valence-electron chi connectivity index (χ3n) is 10.7. The van der Waals surface area contributed by atoms with Gasteiger partial charge in [-0.2, -0.15) is 5.10 Å². The van der Waals surface area contributed by atoms with Gasteiger partial charge in [0.2, 0.25) is 0 Å². The molecule has 1 aromatic heterocycles. The fraction of sp³-hybridized carbons (Fsp3) is 0.852. The molecule has 0 spiro atoms. The minimum atomic E-state index is -0.608. The number of nitrogens with zero attached hydrogens (tertiary/aromatic N) is 2. The molecule has 6 rings (SSSR count). The van der Waals surface area contributed by atoms with Crippen LogP contribution in [0.3, 0.4) is 0 Å². The fourth-order valence-electron chi connectivity index (χ4n) is 9.75. The van der Waals surface area contributed by atoms with Crippen molar-refractivity contribution in [3.05, 3.63) is 18.0 Å². The summed E-state index contributed by atoms with van der Waals surface area (Å²) in [6.45, 7) is 5.44. The maximum atomic E-state index is 13.5. The van der Waals surface area contributed by atoms with Crippen molar-refractivity contribution in [2.45, 2.75) is 77.4 Å². The Kier molecular flexibility index (Phi) is 4.93. The maximum Gasteiger partial charge on any atom is 0.158 e. The van der Waals surface area contributed by atoms with Gasteiger partial charge in [0.05, 0.1) is 24.9 Å². The summed E-state index contributed by atoms with van der Waals surface area (Å²) < 4.78 is 7.20. The summed E-state index contributed by atoms with van der Waals surface area (Å²) in [6.07, 6.45) is 13.2. The topological polar surface area (TPSA) is 64.3 Å². The van der Waals surface area contributed by atoms with Crippen LogP contribution >= 0.6 is 0 Å². The maximum absolute atomic E-state index is 13.5. The molecule has 5 saturated carbocycles. The number of aromatic nitrogens is 2. The van der Waals surface area contributed by atoms with Crippen molar-refractivity contribution in [2.24, 2.45) is 52.8 Å². The summed E-state index contributed by atoms with van der Waals surface area (Å²) >= 11 is 0. The molecular weight excluding hydrogens is 400 g/mol. The highest BCUT2D eigenvalue weighted by molar-refractivity contribution is 5.83. The SMILES string of the molecule is COC[C@@]1(O)CC[C@H]2[C@H](CC[C@@H]3[C@@H]2CC[C@]2(C)[C@@H](C(=O)Cn4cc(C)cn4)C4CC4[C@@H]32)C1. The summed E-state index contributed by atoms with van der Waals surface area (Å²) in [5.74, 6) is 5.85. The standard InChI is InChI=1S/C27H40N2O3/c1-16-12-28-29(13-16)14-23(30)25-22-10-21(22)24-20-5-4-17-11-27(31,15-32-3)9-7-18(17)19(20)6-8-26(24,25)2/h12-13,17-22,24-25,31H,4-11,14-15H2,1-3H3/t17-,18+,19-,20-,21?,22?,24-,25-,26+,27-/m1/s1. The van der Waals surface area contributed by atoms with E-state index in [1.807, 2.05) is 24.0 Å². The zero-order valence-corrected chi connectivity index (χ0v) is 20.0. The molecule has 0 aliphatic heterocycles. The van der Waals surface area contributed by atoms with Crippen molar-refractivity contribution in [1.29, 1.82) is 0 Å². The largest absolute Gasteiger partial charge is 0.387 e. The first-order chi connectivity index (χ1) is 15.3. The van der Waals surface area contributed by atoms with Gasteiger partial charge < -0.3 is 9.84 Å². The van der Waals surface area contributed by atoms with Crippen LogP contribution in [0.5, 0.6) is 0 Å². The summed E-state index contributed by atoms with van der Waals surface area (Å²) in [6, 6.07) is 0. The number of hydrogen-bond donors (Lipinski definition) is 1. The molecule has 1 heterocycles. The lowest BCUT2D eigenvalue weighted by Crippen LogP contribution is -2.53. The average Bonchev–Trinajstić information content (AvgIpc) is 3.29. The monoisotopic (exact) mass is 440 g/mol. The lowest BCUT2D eigenvalue weighted by atomic mass is 9.47. The zero-order chi connectivity index (χ0) is 22.3. The van der Waals surface area contributed by atoms with Crippen molar-refractivity contribution in [3.8, 4) is 0 Å². The second-order valence-electron chi connectivity index (χ2n) is 12.5. The Bertz CT molecular complexity index is 897. The predicted molar refractivity (Wildman–Crippen MR) is 122 cm³/mol. The number of aryl methyl sites for hydroxylation is 1. The molecule has 5 aliphatic rings. The second-order valence-corrected chi connectivity index (χ2v) is 12.5. The Morgan fingerprint density at radius 1 is 1.16 bits per heavy atom. The minimum Gasteiger partial charge on any atom is -0.387 e. The first-order valence-corrected chi connectivity index (χ1v) is 13.1. The second kappa shape index (κ2) is 7.40. The lowest BCUT2D eigenvalue weighted by Gasteiger charge is -2.58. The van der Waals surface area contributed by atoms with Crippen molar-refractivity contribution >= 4 is 5.78 Å². The average molecular weight is 441 g/mol. The number of ether oxygens (including phenoxy) is 1. The molecule has 10 atom stereocenters. The molecule has 5 fully saturated rings. The molecule has 2 unspecified atom stereocenters. The van der Waals surface area contributed by atoms with E-state index < -0.39 is 5.60 Å². The van der Waals surface area contributed by atoms with Crippen LogP contribution < -0.4 is 0 Å². The molecule has 5 aliphatic carbocycles. The molecule has 0 radical (unpaired) electrons. The van der Waals surface area contributed by atoms with Gasteiger partial charge in [-0.25, -0.2) is 0 Å². The predicted octanol–water partition coefficient (Wildman–Crippen LogP) is 4.26. The van der Waals surface area contributed by atoms with Gasteiger partial charge in [0.15, 0.2) is 5.78 Å². The van der Waals surface area contributed by atoms with Gasteiger partial charge in [0.25, 0.3) is 0 Å². The van der Waals surface area contributed by atoms with E-state index in [0.717, 1.165) is 54.4 Å². The Morgan fingerprint density at radius 2 is 1.97 bits per heavy atom. The number of carbonyl (C=O) groups is 1. The van der Waals surface area contributed by atoms with Crippen LogP contribution in [0.25, 0.3) is 0 Å².